The molecule has 2 aliphatic heterocycles. The highest BCUT2D eigenvalue weighted by atomic mass is 79.9. The lowest BCUT2D eigenvalue weighted by Crippen LogP contribution is -2.44. The maximum absolute atomic E-state index is 10.7. The molecule has 0 aliphatic carbocycles. The van der Waals surface area contributed by atoms with Crippen molar-refractivity contribution >= 4 is 39.0 Å². The van der Waals surface area contributed by atoms with Crippen LogP contribution in [0.15, 0.2) is 9.85 Å². The highest BCUT2D eigenvalue weighted by Gasteiger charge is 2.41. The zero-order valence-corrected chi connectivity index (χ0v) is 15.0. The molecule has 1 spiro atoms. The molecule has 0 aromatic carbocycles. The van der Waals surface area contributed by atoms with Gasteiger partial charge in [0.25, 0.3) is 0 Å². The van der Waals surface area contributed by atoms with Crippen LogP contribution in [-0.2, 0) is 4.74 Å². The molecule has 1 aromatic rings. The van der Waals surface area contributed by atoms with E-state index in [-0.39, 0.29) is 11.7 Å². The fraction of sp³-hybridized carbons (Fsp3) is 0.733. The summed E-state index contributed by atoms with van der Waals surface area (Å²) in [6.07, 6.45) is 3.95. The average molecular weight is 377 g/mol. The van der Waals surface area contributed by atoms with Crippen molar-refractivity contribution in [3.05, 3.63) is 20.3 Å². The Morgan fingerprint density at radius 3 is 2.85 bits per heavy atom. The van der Waals surface area contributed by atoms with Crippen LogP contribution in [0.25, 0.3) is 0 Å². The lowest BCUT2D eigenvalue weighted by atomic mass is 9.79. The van der Waals surface area contributed by atoms with E-state index in [1.165, 1.54) is 17.1 Å². The van der Waals surface area contributed by atoms with E-state index >= 15 is 0 Å². The zero-order chi connectivity index (χ0) is 14.2. The first-order chi connectivity index (χ1) is 9.60. The molecule has 3 heterocycles. The molecule has 0 bridgehead atoms. The predicted molar refractivity (Wildman–Crippen MR) is 89.7 cm³/mol. The monoisotopic (exact) mass is 376 g/mol. The molecule has 0 saturated carbocycles. The van der Waals surface area contributed by atoms with Crippen LogP contribution in [0.2, 0.25) is 0 Å². The molecule has 2 saturated heterocycles. The number of thiophene rings is 1. The van der Waals surface area contributed by atoms with Crippen LogP contribution in [0.1, 0.15) is 42.2 Å². The lowest BCUT2D eigenvalue weighted by molar-refractivity contribution is -0.120. The third-order valence-electron chi connectivity index (χ3n) is 4.55. The Hall–Kier alpha value is 0.450. The molecule has 5 heteroatoms. The Balaban J connectivity index is 1.72. The van der Waals surface area contributed by atoms with E-state index < -0.39 is 0 Å². The van der Waals surface area contributed by atoms with Crippen molar-refractivity contribution in [1.82, 2.24) is 0 Å². The van der Waals surface area contributed by atoms with Gasteiger partial charge < -0.3 is 9.84 Å². The van der Waals surface area contributed by atoms with Gasteiger partial charge in [-0.2, -0.15) is 11.8 Å². The van der Waals surface area contributed by atoms with Crippen molar-refractivity contribution in [2.45, 2.75) is 44.3 Å². The van der Waals surface area contributed by atoms with Crippen molar-refractivity contribution in [2.24, 2.45) is 5.92 Å². The van der Waals surface area contributed by atoms with Crippen molar-refractivity contribution in [1.29, 1.82) is 0 Å². The molecule has 2 aliphatic rings. The van der Waals surface area contributed by atoms with E-state index in [0.29, 0.717) is 5.92 Å². The molecule has 0 radical (unpaired) electrons. The van der Waals surface area contributed by atoms with Gasteiger partial charge in [-0.15, -0.1) is 11.3 Å². The highest BCUT2D eigenvalue weighted by Crippen LogP contribution is 2.45. The van der Waals surface area contributed by atoms with Gasteiger partial charge in [-0.25, -0.2) is 0 Å². The topological polar surface area (TPSA) is 29.5 Å². The van der Waals surface area contributed by atoms with Crippen LogP contribution < -0.4 is 0 Å². The van der Waals surface area contributed by atoms with E-state index in [4.69, 9.17) is 4.74 Å². The highest BCUT2D eigenvalue weighted by molar-refractivity contribution is 9.11. The summed E-state index contributed by atoms with van der Waals surface area (Å²) in [7, 11) is 0. The number of ether oxygens (including phenoxy) is 1. The summed E-state index contributed by atoms with van der Waals surface area (Å²) < 4.78 is 7.26. The van der Waals surface area contributed by atoms with Gasteiger partial charge in [0.2, 0.25) is 0 Å². The summed E-state index contributed by atoms with van der Waals surface area (Å²) in [5.74, 6) is 2.75. The minimum absolute atomic E-state index is 0.0542. The van der Waals surface area contributed by atoms with Gasteiger partial charge in [0.05, 0.1) is 15.5 Å². The first-order valence-electron chi connectivity index (χ1n) is 7.25. The Morgan fingerprint density at radius 1 is 1.45 bits per heavy atom. The van der Waals surface area contributed by atoms with Gasteiger partial charge in [0.15, 0.2) is 0 Å². The summed E-state index contributed by atoms with van der Waals surface area (Å²) >= 11 is 7.26. The standard InChI is InChI=1S/C15H21BrO2S2/c1-10-8-12(20-14(10)16)13(17)11-2-5-18-15(9-11)3-6-19-7-4-15/h8,11,13,17H,2-7,9H2,1H3. The minimum atomic E-state index is -0.333. The Bertz CT molecular complexity index is 443. The normalized spacial score (nSPS) is 27.6. The molecule has 1 aromatic heterocycles. The van der Waals surface area contributed by atoms with Crippen LogP contribution in [-0.4, -0.2) is 28.8 Å². The quantitative estimate of drug-likeness (QED) is 0.820. The number of aliphatic hydroxyl groups excluding tert-OH is 1. The summed E-state index contributed by atoms with van der Waals surface area (Å²) in [5, 5.41) is 10.7. The predicted octanol–water partition coefficient (Wildman–Crippen LogP) is 4.54. The van der Waals surface area contributed by atoms with E-state index in [1.807, 2.05) is 11.8 Å². The molecule has 2 unspecified atom stereocenters. The molecule has 2 atom stereocenters. The van der Waals surface area contributed by atoms with E-state index in [9.17, 15) is 5.11 Å². The van der Waals surface area contributed by atoms with Crippen molar-refractivity contribution < 1.29 is 9.84 Å². The molecular formula is C15H21BrO2S2. The number of hydrogen-bond donors (Lipinski definition) is 1. The summed E-state index contributed by atoms with van der Waals surface area (Å²) in [5.41, 5.74) is 1.28. The van der Waals surface area contributed by atoms with Crippen LogP contribution in [0.4, 0.5) is 0 Å². The van der Waals surface area contributed by atoms with Crippen LogP contribution >= 0.6 is 39.0 Å². The number of halogens is 1. The molecule has 2 nitrogen and oxygen atoms in total. The smallest absolute Gasteiger partial charge is 0.0912 e. The van der Waals surface area contributed by atoms with Crippen LogP contribution in [0.3, 0.4) is 0 Å². The third kappa shape index (κ3) is 3.12. The largest absolute Gasteiger partial charge is 0.387 e. The van der Waals surface area contributed by atoms with Crippen LogP contribution in [0.5, 0.6) is 0 Å². The summed E-state index contributed by atoms with van der Waals surface area (Å²) in [6, 6.07) is 2.12. The maximum atomic E-state index is 10.7. The fourth-order valence-corrected chi connectivity index (χ4v) is 6.18. The lowest BCUT2D eigenvalue weighted by Gasteiger charge is -2.44. The second-order valence-electron chi connectivity index (χ2n) is 5.95. The van der Waals surface area contributed by atoms with Gasteiger partial charge in [0.1, 0.15) is 0 Å². The van der Waals surface area contributed by atoms with E-state index in [1.54, 1.807) is 11.3 Å². The third-order valence-corrected chi connectivity index (χ3v) is 7.74. The molecule has 3 rings (SSSR count). The second kappa shape index (κ2) is 6.29. The number of aryl methyl sites for hydroxylation is 1. The SMILES string of the molecule is Cc1cc(C(O)C2CCOC3(CCSCC3)C2)sc1Br. The van der Waals surface area contributed by atoms with Gasteiger partial charge in [-0.3, -0.25) is 0 Å². The van der Waals surface area contributed by atoms with Gasteiger partial charge in [0, 0.05) is 11.5 Å². The summed E-state index contributed by atoms with van der Waals surface area (Å²) in [4.78, 5) is 1.10. The Labute approximate surface area is 137 Å². The molecule has 1 N–H and O–H groups in total. The maximum Gasteiger partial charge on any atom is 0.0912 e. The zero-order valence-electron chi connectivity index (χ0n) is 11.7. The van der Waals surface area contributed by atoms with Crippen LogP contribution in [0, 0.1) is 12.8 Å². The fourth-order valence-electron chi connectivity index (χ4n) is 3.29. The Morgan fingerprint density at radius 2 is 2.20 bits per heavy atom. The first kappa shape index (κ1) is 15.3. The second-order valence-corrected chi connectivity index (χ2v) is 9.57. The van der Waals surface area contributed by atoms with E-state index in [2.05, 4.69) is 28.9 Å². The molecule has 20 heavy (non-hydrogen) atoms. The molecule has 2 fully saturated rings. The number of aliphatic hydroxyl groups is 1. The van der Waals surface area contributed by atoms with Crippen molar-refractivity contribution in [3.8, 4) is 0 Å². The minimum Gasteiger partial charge on any atom is -0.387 e. The van der Waals surface area contributed by atoms with E-state index in [0.717, 1.165) is 41.0 Å². The average Bonchev–Trinajstić information content (AvgIpc) is 2.79. The number of thioether (sulfide) groups is 1. The van der Waals surface area contributed by atoms with Gasteiger partial charge in [-0.05, 0) is 77.6 Å². The first-order valence-corrected chi connectivity index (χ1v) is 10.0. The van der Waals surface area contributed by atoms with Gasteiger partial charge in [-0.1, -0.05) is 0 Å². The van der Waals surface area contributed by atoms with Crippen molar-refractivity contribution in [2.75, 3.05) is 18.1 Å². The molecular weight excluding hydrogens is 356 g/mol. The summed E-state index contributed by atoms with van der Waals surface area (Å²) in [6.45, 7) is 2.89. The molecule has 0 amide bonds. The number of hydrogen-bond acceptors (Lipinski definition) is 4. The van der Waals surface area contributed by atoms with Crippen molar-refractivity contribution in [3.63, 3.8) is 0 Å². The van der Waals surface area contributed by atoms with Gasteiger partial charge >= 0.3 is 0 Å². The number of rotatable bonds is 2. The Kier molecular flexibility index (Phi) is 4.83. The molecule has 112 valence electrons.